The summed E-state index contributed by atoms with van der Waals surface area (Å²) in [4.78, 5) is 14.0. The third-order valence-electron chi connectivity index (χ3n) is 1.13. The Morgan fingerprint density at radius 2 is 2.08 bits per heavy atom. The Balaban J connectivity index is 0.00000121. The topological polar surface area (TPSA) is 65.2 Å². The molecule has 0 atom stereocenters. The second-order valence-electron chi connectivity index (χ2n) is 1.96. The summed E-state index contributed by atoms with van der Waals surface area (Å²) in [7, 11) is 0. The highest BCUT2D eigenvalue weighted by Crippen LogP contribution is 1.97. The molecule has 0 fully saturated rings. The molecule has 2 N–H and O–H groups in total. The van der Waals surface area contributed by atoms with Gasteiger partial charge in [0, 0.05) is 12.4 Å². The van der Waals surface area contributed by atoms with Gasteiger partial charge in [-0.3, -0.25) is 4.98 Å². The Morgan fingerprint density at radius 1 is 1.50 bits per heavy atom. The van der Waals surface area contributed by atoms with Crippen molar-refractivity contribution in [2.75, 3.05) is 0 Å². The van der Waals surface area contributed by atoms with E-state index in [1.807, 2.05) is 0 Å². The number of halogens is 1. The Bertz CT molecular complexity index is 240. The minimum atomic E-state index is -0.762. The van der Waals surface area contributed by atoms with Crippen LogP contribution in [0.1, 0.15) is 5.56 Å². The van der Waals surface area contributed by atoms with Crippen molar-refractivity contribution in [2.45, 2.75) is 6.61 Å². The van der Waals surface area contributed by atoms with E-state index in [1.54, 1.807) is 24.5 Å². The van der Waals surface area contributed by atoms with E-state index in [-0.39, 0.29) is 19.0 Å². The molecule has 1 aromatic rings. The molecule has 0 aliphatic rings. The Kier molecular flexibility index (Phi) is 4.79. The molecule has 0 aliphatic heterocycles. The molecule has 0 radical (unpaired) electrons. The van der Waals surface area contributed by atoms with E-state index < -0.39 is 6.09 Å². The van der Waals surface area contributed by atoms with Gasteiger partial charge in [0.1, 0.15) is 6.61 Å². The minimum absolute atomic E-state index is 0. The number of pyridine rings is 1. The molecule has 4 nitrogen and oxygen atoms in total. The summed E-state index contributed by atoms with van der Waals surface area (Å²) < 4.78 is 4.54. The molecule has 0 unspecified atom stereocenters. The molecule has 1 amide bonds. The fourth-order valence-electron chi connectivity index (χ4n) is 0.633. The lowest BCUT2D eigenvalue weighted by atomic mass is 10.3. The highest BCUT2D eigenvalue weighted by atomic mass is 35.5. The molecule has 0 aliphatic carbocycles. The van der Waals surface area contributed by atoms with Crippen LogP contribution >= 0.6 is 12.4 Å². The summed E-state index contributed by atoms with van der Waals surface area (Å²) in [6, 6.07) is 3.51. The first-order chi connectivity index (χ1) is 5.29. The molecule has 0 saturated carbocycles. The summed E-state index contributed by atoms with van der Waals surface area (Å²) in [6.07, 6.45) is 2.49. The molecule has 1 heterocycles. The first kappa shape index (κ1) is 10.7. The lowest BCUT2D eigenvalue weighted by Crippen LogP contribution is -2.12. The van der Waals surface area contributed by atoms with Crippen LogP contribution in [-0.4, -0.2) is 11.1 Å². The standard InChI is InChI=1S/C7H8N2O2.ClH/c8-7(10)11-5-6-1-3-9-4-2-6;/h1-4H,5H2,(H2,8,10);1H. The summed E-state index contributed by atoms with van der Waals surface area (Å²) in [5, 5.41) is 0. The van der Waals surface area contributed by atoms with Crippen molar-refractivity contribution in [3.63, 3.8) is 0 Å². The zero-order valence-corrected chi connectivity index (χ0v) is 7.08. The van der Waals surface area contributed by atoms with Crippen LogP contribution in [0.2, 0.25) is 0 Å². The normalized spacial score (nSPS) is 8.33. The summed E-state index contributed by atoms with van der Waals surface area (Å²) in [6.45, 7) is 0.206. The van der Waals surface area contributed by atoms with Crippen molar-refractivity contribution in [1.29, 1.82) is 0 Å². The number of carbonyl (C=O) groups excluding carboxylic acids is 1. The molecule has 1 aromatic heterocycles. The average Bonchev–Trinajstić information content (AvgIpc) is 2.03. The number of hydrogen-bond donors (Lipinski definition) is 1. The van der Waals surface area contributed by atoms with Crippen molar-refractivity contribution in [1.82, 2.24) is 4.98 Å². The monoisotopic (exact) mass is 188 g/mol. The van der Waals surface area contributed by atoms with Gasteiger partial charge in [0.15, 0.2) is 0 Å². The quantitative estimate of drug-likeness (QED) is 0.756. The van der Waals surface area contributed by atoms with Gasteiger partial charge in [-0.25, -0.2) is 4.79 Å². The van der Waals surface area contributed by atoms with Crippen LogP contribution < -0.4 is 5.73 Å². The Morgan fingerprint density at radius 3 is 2.58 bits per heavy atom. The first-order valence-corrected chi connectivity index (χ1v) is 3.10. The molecule has 0 aromatic carbocycles. The van der Waals surface area contributed by atoms with Crippen molar-refractivity contribution >= 4 is 18.5 Å². The van der Waals surface area contributed by atoms with Crippen molar-refractivity contribution < 1.29 is 9.53 Å². The van der Waals surface area contributed by atoms with Crippen LogP contribution in [0.15, 0.2) is 24.5 Å². The van der Waals surface area contributed by atoms with Gasteiger partial charge in [0.05, 0.1) is 0 Å². The average molecular weight is 189 g/mol. The third kappa shape index (κ3) is 3.78. The van der Waals surface area contributed by atoms with Gasteiger partial charge in [-0.1, -0.05) is 0 Å². The molecule has 5 heteroatoms. The molecule has 66 valence electrons. The second-order valence-corrected chi connectivity index (χ2v) is 1.96. The number of amides is 1. The maximum atomic E-state index is 10.2. The van der Waals surface area contributed by atoms with Crippen LogP contribution in [0.25, 0.3) is 0 Å². The zero-order chi connectivity index (χ0) is 8.10. The molecule has 1 rings (SSSR count). The van der Waals surface area contributed by atoms with E-state index in [9.17, 15) is 4.79 Å². The summed E-state index contributed by atoms with van der Waals surface area (Å²) in [5.41, 5.74) is 5.64. The highest BCUT2D eigenvalue weighted by Gasteiger charge is 1.94. The van der Waals surface area contributed by atoms with Crippen LogP contribution in [0.5, 0.6) is 0 Å². The van der Waals surface area contributed by atoms with Crippen molar-refractivity contribution in [2.24, 2.45) is 5.73 Å². The van der Waals surface area contributed by atoms with Gasteiger partial charge in [0.25, 0.3) is 0 Å². The number of primary amides is 1. The van der Waals surface area contributed by atoms with Crippen LogP contribution in [0.3, 0.4) is 0 Å². The Labute approximate surface area is 76.1 Å². The van der Waals surface area contributed by atoms with E-state index in [0.29, 0.717) is 0 Å². The molecule has 0 spiro atoms. The lowest BCUT2D eigenvalue weighted by Gasteiger charge is -1.99. The fraction of sp³-hybridized carbons (Fsp3) is 0.143. The number of rotatable bonds is 2. The number of nitrogens with two attached hydrogens (primary N) is 1. The Hall–Kier alpha value is -1.29. The largest absolute Gasteiger partial charge is 0.445 e. The van der Waals surface area contributed by atoms with Gasteiger partial charge in [-0.15, -0.1) is 12.4 Å². The summed E-state index contributed by atoms with van der Waals surface area (Å²) >= 11 is 0. The second kappa shape index (κ2) is 5.37. The van der Waals surface area contributed by atoms with E-state index in [1.165, 1.54) is 0 Å². The molecule has 0 bridgehead atoms. The molecule has 0 saturated heterocycles. The van der Waals surface area contributed by atoms with E-state index in [4.69, 9.17) is 5.73 Å². The maximum Gasteiger partial charge on any atom is 0.404 e. The summed E-state index contributed by atoms with van der Waals surface area (Å²) in [5.74, 6) is 0. The van der Waals surface area contributed by atoms with Crippen LogP contribution in [0.4, 0.5) is 4.79 Å². The van der Waals surface area contributed by atoms with E-state index in [2.05, 4.69) is 9.72 Å². The van der Waals surface area contributed by atoms with E-state index >= 15 is 0 Å². The van der Waals surface area contributed by atoms with Crippen molar-refractivity contribution in [3.8, 4) is 0 Å². The van der Waals surface area contributed by atoms with Crippen LogP contribution in [0, 0.1) is 0 Å². The fourth-order valence-corrected chi connectivity index (χ4v) is 0.633. The SMILES string of the molecule is Cl.NC(=O)OCc1ccncc1. The number of hydrogen-bond acceptors (Lipinski definition) is 3. The van der Waals surface area contributed by atoms with Gasteiger partial charge >= 0.3 is 6.09 Å². The maximum absolute atomic E-state index is 10.2. The zero-order valence-electron chi connectivity index (χ0n) is 6.27. The van der Waals surface area contributed by atoms with Gasteiger partial charge in [-0.2, -0.15) is 0 Å². The number of ether oxygens (including phenoxy) is 1. The minimum Gasteiger partial charge on any atom is -0.445 e. The first-order valence-electron chi connectivity index (χ1n) is 3.10. The molecular weight excluding hydrogens is 180 g/mol. The number of aromatic nitrogens is 1. The smallest absolute Gasteiger partial charge is 0.404 e. The van der Waals surface area contributed by atoms with Crippen LogP contribution in [-0.2, 0) is 11.3 Å². The lowest BCUT2D eigenvalue weighted by molar-refractivity contribution is 0.150. The van der Waals surface area contributed by atoms with Crippen molar-refractivity contribution in [3.05, 3.63) is 30.1 Å². The van der Waals surface area contributed by atoms with Gasteiger partial charge in [-0.05, 0) is 17.7 Å². The predicted molar refractivity (Wildman–Crippen MR) is 45.9 cm³/mol. The number of nitrogens with zero attached hydrogens (tertiary/aromatic N) is 1. The molecule has 12 heavy (non-hydrogen) atoms. The highest BCUT2D eigenvalue weighted by molar-refractivity contribution is 5.85. The predicted octanol–water partition coefficient (Wildman–Crippen LogP) is 1.10. The van der Waals surface area contributed by atoms with Gasteiger partial charge in [0.2, 0.25) is 0 Å². The van der Waals surface area contributed by atoms with E-state index in [0.717, 1.165) is 5.56 Å². The molecular formula is C7H9ClN2O2. The number of carbonyl (C=O) groups is 1. The third-order valence-corrected chi connectivity index (χ3v) is 1.13. The van der Waals surface area contributed by atoms with Gasteiger partial charge < -0.3 is 10.5 Å².